The highest BCUT2D eigenvalue weighted by molar-refractivity contribution is 6.03. The topological polar surface area (TPSA) is 111 Å². The van der Waals surface area contributed by atoms with Gasteiger partial charge in [-0.2, -0.15) is 0 Å². The number of carbonyl (C=O) groups is 1. The average molecular weight is 540 g/mol. The molecule has 0 saturated heterocycles. The van der Waals surface area contributed by atoms with Crippen LogP contribution in [-0.2, 0) is 21.7 Å². The van der Waals surface area contributed by atoms with Crippen LogP contribution in [0.2, 0.25) is 0 Å². The number of aliphatic carboxylic acids is 1. The van der Waals surface area contributed by atoms with Crippen LogP contribution in [0.3, 0.4) is 0 Å². The standard InChI is InChI=1S/C30H26FN5O4/c1-30(25-18-35-15-5-4-6-26(35)33-25)17-24(34-40-30)19-9-14-22-23(16-19)32-27(7-2-3-8-28(37)38)36(29(22)39)21-12-10-20(31)11-13-21/h4-6,9-16,18H,2-3,7-8,17H2,1H3,(H,37,38). The van der Waals surface area contributed by atoms with Crippen molar-refractivity contribution in [1.29, 1.82) is 0 Å². The molecule has 4 heterocycles. The molecule has 2 aromatic carbocycles. The minimum atomic E-state index is -0.873. The van der Waals surface area contributed by atoms with Gasteiger partial charge in [0, 0.05) is 37.2 Å². The van der Waals surface area contributed by atoms with Crippen molar-refractivity contribution in [3.05, 3.63) is 106 Å². The summed E-state index contributed by atoms with van der Waals surface area (Å²) in [4.78, 5) is 40.0. The fraction of sp³-hybridized carbons (Fsp3) is 0.233. The molecule has 1 unspecified atom stereocenters. The highest BCUT2D eigenvalue weighted by atomic mass is 19.1. The molecule has 1 aliphatic rings. The molecule has 202 valence electrons. The Morgan fingerprint density at radius 3 is 2.70 bits per heavy atom. The van der Waals surface area contributed by atoms with Crippen molar-refractivity contribution < 1.29 is 19.1 Å². The highest BCUT2D eigenvalue weighted by Crippen LogP contribution is 2.36. The Bertz CT molecular complexity index is 1810. The number of halogens is 1. The second kappa shape index (κ2) is 10.0. The smallest absolute Gasteiger partial charge is 0.303 e. The van der Waals surface area contributed by atoms with Crippen molar-refractivity contribution in [1.82, 2.24) is 18.9 Å². The zero-order valence-electron chi connectivity index (χ0n) is 21.7. The molecule has 3 aromatic heterocycles. The maximum atomic E-state index is 13.7. The van der Waals surface area contributed by atoms with Crippen LogP contribution in [0.25, 0.3) is 22.2 Å². The number of pyridine rings is 1. The molecule has 0 radical (unpaired) electrons. The molecule has 0 fully saturated rings. The normalized spacial score (nSPS) is 16.8. The maximum absolute atomic E-state index is 13.7. The fourth-order valence-corrected chi connectivity index (χ4v) is 5.02. The lowest BCUT2D eigenvalue weighted by molar-refractivity contribution is -0.137. The summed E-state index contributed by atoms with van der Waals surface area (Å²) in [6, 6.07) is 16.8. The van der Waals surface area contributed by atoms with Crippen LogP contribution in [0, 0.1) is 5.82 Å². The van der Waals surface area contributed by atoms with Crippen LogP contribution in [0.5, 0.6) is 0 Å². The third-order valence-corrected chi connectivity index (χ3v) is 7.17. The number of unbranched alkanes of at least 4 members (excludes halogenated alkanes) is 1. The molecule has 0 saturated carbocycles. The van der Waals surface area contributed by atoms with Crippen LogP contribution in [-0.4, -0.2) is 35.7 Å². The number of carboxylic acids is 1. The molecule has 0 aliphatic carbocycles. The van der Waals surface area contributed by atoms with Gasteiger partial charge in [-0.3, -0.25) is 14.2 Å². The van der Waals surface area contributed by atoms with E-state index in [0.29, 0.717) is 53.8 Å². The summed E-state index contributed by atoms with van der Waals surface area (Å²) < 4.78 is 17.0. The number of hydrogen-bond donors (Lipinski definition) is 1. The van der Waals surface area contributed by atoms with E-state index in [2.05, 4.69) is 5.16 Å². The van der Waals surface area contributed by atoms with Gasteiger partial charge in [0.1, 0.15) is 23.0 Å². The second-order valence-corrected chi connectivity index (χ2v) is 10.1. The van der Waals surface area contributed by atoms with E-state index in [9.17, 15) is 14.0 Å². The minimum absolute atomic E-state index is 0.0312. The van der Waals surface area contributed by atoms with Gasteiger partial charge in [-0.05, 0) is 68.3 Å². The van der Waals surface area contributed by atoms with Gasteiger partial charge in [0.05, 0.1) is 22.3 Å². The van der Waals surface area contributed by atoms with Gasteiger partial charge in [-0.25, -0.2) is 14.4 Å². The number of nitrogens with zero attached hydrogens (tertiary/aromatic N) is 5. The van der Waals surface area contributed by atoms with Crippen molar-refractivity contribution in [3.63, 3.8) is 0 Å². The fourth-order valence-electron chi connectivity index (χ4n) is 5.02. The van der Waals surface area contributed by atoms with E-state index in [-0.39, 0.29) is 12.0 Å². The number of imidazole rings is 1. The molecule has 0 spiro atoms. The van der Waals surface area contributed by atoms with E-state index in [4.69, 9.17) is 19.9 Å². The van der Waals surface area contributed by atoms with Crippen molar-refractivity contribution in [2.75, 3.05) is 0 Å². The highest BCUT2D eigenvalue weighted by Gasteiger charge is 2.39. The summed E-state index contributed by atoms with van der Waals surface area (Å²) in [5.41, 5.74) is 3.05. The van der Waals surface area contributed by atoms with Gasteiger partial charge in [-0.1, -0.05) is 17.3 Å². The van der Waals surface area contributed by atoms with Gasteiger partial charge in [0.25, 0.3) is 5.56 Å². The summed E-state index contributed by atoms with van der Waals surface area (Å²) in [5, 5.41) is 13.8. The number of aromatic nitrogens is 4. The Hall–Kier alpha value is -4.86. The Labute approximate surface area is 228 Å². The van der Waals surface area contributed by atoms with Crippen molar-refractivity contribution in [3.8, 4) is 5.69 Å². The van der Waals surface area contributed by atoms with Crippen LogP contribution < -0.4 is 5.56 Å². The molecule has 1 N–H and O–H groups in total. The second-order valence-electron chi connectivity index (χ2n) is 10.1. The van der Waals surface area contributed by atoms with Crippen LogP contribution in [0.15, 0.2) is 83.0 Å². The summed E-state index contributed by atoms with van der Waals surface area (Å²) >= 11 is 0. The molecule has 40 heavy (non-hydrogen) atoms. The zero-order chi connectivity index (χ0) is 27.9. The molecule has 6 rings (SSSR count). The van der Waals surface area contributed by atoms with E-state index in [0.717, 1.165) is 16.9 Å². The predicted molar refractivity (Wildman–Crippen MR) is 147 cm³/mol. The first-order valence-corrected chi connectivity index (χ1v) is 13.0. The predicted octanol–water partition coefficient (Wildman–Crippen LogP) is 5.01. The lowest BCUT2D eigenvalue weighted by Crippen LogP contribution is -2.24. The Balaban J connectivity index is 1.34. The summed E-state index contributed by atoms with van der Waals surface area (Å²) in [6.45, 7) is 1.95. The van der Waals surface area contributed by atoms with E-state index in [1.165, 1.54) is 28.8 Å². The first-order valence-electron chi connectivity index (χ1n) is 13.0. The monoisotopic (exact) mass is 539 g/mol. The largest absolute Gasteiger partial charge is 0.481 e. The SMILES string of the molecule is CC1(c2cn3ccccc3n2)CC(c2ccc3c(=O)n(-c4ccc(F)cc4)c(CCCCC(=O)O)nc3c2)=NO1. The van der Waals surface area contributed by atoms with Crippen molar-refractivity contribution in [2.45, 2.75) is 44.6 Å². The zero-order valence-corrected chi connectivity index (χ0v) is 21.7. The number of rotatable bonds is 8. The molecule has 0 bridgehead atoms. The maximum Gasteiger partial charge on any atom is 0.303 e. The molecule has 9 nitrogen and oxygen atoms in total. The number of fused-ring (bicyclic) bond motifs is 2. The first-order chi connectivity index (χ1) is 19.3. The molecular weight excluding hydrogens is 513 g/mol. The molecule has 1 aliphatic heterocycles. The van der Waals surface area contributed by atoms with Crippen LogP contribution in [0.4, 0.5) is 4.39 Å². The number of benzene rings is 2. The Morgan fingerprint density at radius 1 is 1.10 bits per heavy atom. The Morgan fingerprint density at radius 2 is 1.93 bits per heavy atom. The third kappa shape index (κ3) is 4.72. The van der Waals surface area contributed by atoms with Gasteiger partial charge in [0.15, 0.2) is 5.60 Å². The lowest BCUT2D eigenvalue weighted by Gasteiger charge is -2.18. The molecule has 1 atom stereocenters. The van der Waals surface area contributed by atoms with Crippen molar-refractivity contribution in [2.24, 2.45) is 5.16 Å². The number of aryl methyl sites for hydroxylation is 1. The van der Waals surface area contributed by atoms with Gasteiger partial charge >= 0.3 is 5.97 Å². The number of oxime groups is 1. The van der Waals surface area contributed by atoms with Gasteiger partial charge in [-0.15, -0.1) is 0 Å². The van der Waals surface area contributed by atoms with Gasteiger partial charge < -0.3 is 14.3 Å². The minimum Gasteiger partial charge on any atom is -0.481 e. The third-order valence-electron chi connectivity index (χ3n) is 7.17. The van der Waals surface area contributed by atoms with E-state index >= 15 is 0 Å². The summed E-state index contributed by atoms with van der Waals surface area (Å²) in [5.74, 6) is -0.804. The lowest BCUT2D eigenvalue weighted by atomic mass is 9.93. The molecule has 10 heteroatoms. The van der Waals surface area contributed by atoms with Crippen LogP contribution in [0.1, 0.15) is 49.7 Å². The summed E-state index contributed by atoms with van der Waals surface area (Å²) in [6.07, 6.45) is 5.74. The quantitative estimate of drug-likeness (QED) is 0.278. The Kier molecular flexibility index (Phi) is 6.37. The van der Waals surface area contributed by atoms with E-state index < -0.39 is 17.4 Å². The van der Waals surface area contributed by atoms with Crippen LogP contribution >= 0.6 is 0 Å². The number of carboxylic acid groups (broad SMARTS) is 1. The summed E-state index contributed by atoms with van der Waals surface area (Å²) in [7, 11) is 0. The van der Waals surface area contributed by atoms with Crippen molar-refractivity contribution >= 4 is 28.2 Å². The molecule has 0 amide bonds. The molecule has 5 aromatic rings. The van der Waals surface area contributed by atoms with E-state index in [1.54, 1.807) is 6.07 Å². The van der Waals surface area contributed by atoms with E-state index in [1.807, 2.05) is 54.0 Å². The average Bonchev–Trinajstić information content (AvgIpc) is 3.57. The molecular formula is C30H26FN5O4. The number of hydrogen-bond acceptors (Lipinski definition) is 6. The van der Waals surface area contributed by atoms with Gasteiger partial charge in [0.2, 0.25) is 0 Å². The first kappa shape index (κ1) is 25.4.